The van der Waals surface area contributed by atoms with Crippen LogP contribution in [0.15, 0.2) is 4.99 Å². The average Bonchev–Trinajstić information content (AvgIpc) is 2.68. The fourth-order valence-corrected chi connectivity index (χ4v) is 4.57. The lowest BCUT2D eigenvalue weighted by Gasteiger charge is -2.33. The van der Waals surface area contributed by atoms with E-state index in [2.05, 4.69) is 39.9 Å². The standard InChI is InChI=1S/C16H30N2S/c1-11-6-7-13(8-12(11)2)18-15-17-10-14(19-15)9-16(3,4)5/h11-14H,6-10H2,1-5H3,(H,17,18). The zero-order chi connectivity index (χ0) is 14.0. The molecule has 0 aromatic heterocycles. The SMILES string of the molecule is CC1CCC(NC2=NCC(CC(C)(C)C)S2)CC1C. The van der Waals surface area contributed by atoms with E-state index in [-0.39, 0.29) is 0 Å². The topological polar surface area (TPSA) is 24.4 Å². The average molecular weight is 282 g/mol. The first kappa shape index (κ1) is 15.2. The van der Waals surface area contributed by atoms with Gasteiger partial charge in [-0.1, -0.05) is 46.4 Å². The lowest BCUT2D eigenvalue weighted by Crippen LogP contribution is -2.38. The Morgan fingerprint density at radius 3 is 2.58 bits per heavy atom. The van der Waals surface area contributed by atoms with Crippen LogP contribution in [0.25, 0.3) is 0 Å². The fraction of sp³-hybridized carbons (Fsp3) is 0.938. The number of thioether (sulfide) groups is 1. The molecule has 1 aliphatic heterocycles. The third kappa shape index (κ3) is 4.70. The highest BCUT2D eigenvalue weighted by Gasteiger charge is 2.29. The summed E-state index contributed by atoms with van der Waals surface area (Å²) in [6.07, 6.45) is 5.24. The van der Waals surface area contributed by atoms with Crippen molar-refractivity contribution < 1.29 is 0 Å². The van der Waals surface area contributed by atoms with Crippen LogP contribution in [0.3, 0.4) is 0 Å². The Hall–Kier alpha value is -0.180. The Labute approximate surface area is 123 Å². The number of hydrogen-bond acceptors (Lipinski definition) is 3. The maximum atomic E-state index is 4.71. The van der Waals surface area contributed by atoms with Gasteiger partial charge in [0.05, 0.1) is 6.54 Å². The molecule has 4 unspecified atom stereocenters. The van der Waals surface area contributed by atoms with Gasteiger partial charge >= 0.3 is 0 Å². The summed E-state index contributed by atoms with van der Waals surface area (Å²) >= 11 is 1.97. The van der Waals surface area contributed by atoms with E-state index in [1.807, 2.05) is 11.8 Å². The molecule has 2 nitrogen and oxygen atoms in total. The van der Waals surface area contributed by atoms with Crippen LogP contribution in [0.2, 0.25) is 0 Å². The zero-order valence-corrected chi connectivity index (χ0v) is 14.0. The number of nitrogens with zero attached hydrogens (tertiary/aromatic N) is 1. The molecule has 110 valence electrons. The summed E-state index contributed by atoms with van der Waals surface area (Å²) in [5, 5.41) is 5.59. The second kappa shape index (κ2) is 6.07. The minimum Gasteiger partial charge on any atom is -0.362 e. The van der Waals surface area contributed by atoms with Crippen molar-refractivity contribution in [3.63, 3.8) is 0 Å². The molecule has 0 amide bonds. The monoisotopic (exact) mass is 282 g/mol. The molecule has 19 heavy (non-hydrogen) atoms. The van der Waals surface area contributed by atoms with Gasteiger partial charge in [0.2, 0.25) is 0 Å². The second-order valence-electron chi connectivity index (χ2n) is 7.76. The van der Waals surface area contributed by atoms with E-state index in [0.717, 1.165) is 18.4 Å². The Balaban J connectivity index is 1.76. The van der Waals surface area contributed by atoms with Gasteiger partial charge in [-0.25, -0.2) is 0 Å². The number of hydrogen-bond donors (Lipinski definition) is 1. The van der Waals surface area contributed by atoms with Crippen LogP contribution < -0.4 is 5.32 Å². The Bertz CT molecular complexity index is 332. The summed E-state index contributed by atoms with van der Waals surface area (Å²) in [5.74, 6) is 1.74. The predicted molar refractivity (Wildman–Crippen MR) is 86.9 cm³/mol. The molecule has 1 fully saturated rings. The molecule has 1 heterocycles. The molecule has 0 bridgehead atoms. The van der Waals surface area contributed by atoms with Gasteiger partial charge in [-0.2, -0.15) is 0 Å². The molecule has 2 aliphatic rings. The van der Waals surface area contributed by atoms with Gasteiger partial charge in [-0.15, -0.1) is 0 Å². The maximum Gasteiger partial charge on any atom is 0.157 e. The van der Waals surface area contributed by atoms with E-state index in [0.29, 0.717) is 16.7 Å². The van der Waals surface area contributed by atoms with E-state index in [4.69, 9.17) is 4.99 Å². The molecule has 0 aromatic rings. The molecule has 2 rings (SSSR count). The van der Waals surface area contributed by atoms with Gasteiger partial charge in [0, 0.05) is 11.3 Å². The summed E-state index contributed by atoms with van der Waals surface area (Å²) in [7, 11) is 0. The minimum absolute atomic E-state index is 0.414. The first-order valence-corrected chi connectivity index (χ1v) is 8.69. The summed E-state index contributed by atoms with van der Waals surface area (Å²) < 4.78 is 0. The van der Waals surface area contributed by atoms with Gasteiger partial charge in [0.25, 0.3) is 0 Å². The molecule has 0 spiro atoms. The van der Waals surface area contributed by atoms with Crippen molar-refractivity contribution in [3.05, 3.63) is 0 Å². The Morgan fingerprint density at radius 1 is 1.21 bits per heavy atom. The molecule has 4 atom stereocenters. The van der Waals surface area contributed by atoms with Crippen molar-refractivity contribution >= 4 is 16.9 Å². The van der Waals surface area contributed by atoms with Crippen LogP contribution >= 0.6 is 11.8 Å². The van der Waals surface area contributed by atoms with Crippen molar-refractivity contribution in [2.45, 2.75) is 71.6 Å². The van der Waals surface area contributed by atoms with Gasteiger partial charge < -0.3 is 5.32 Å². The number of amidine groups is 1. The lowest BCUT2D eigenvalue weighted by atomic mass is 9.79. The molecule has 0 aromatic carbocycles. The summed E-state index contributed by atoms with van der Waals surface area (Å²) in [5.41, 5.74) is 0.414. The number of aliphatic imine (C=N–C) groups is 1. The first-order chi connectivity index (χ1) is 8.83. The van der Waals surface area contributed by atoms with Crippen LogP contribution in [0.1, 0.15) is 60.3 Å². The molecule has 0 radical (unpaired) electrons. The Kier molecular flexibility index (Phi) is 4.86. The number of nitrogens with one attached hydrogen (secondary N) is 1. The van der Waals surface area contributed by atoms with E-state index in [1.54, 1.807) is 0 Å². The molecular formula is C16H30N2S. The molecule has 1 aliphatic carbocycles. The summed E-state index contributed by atoms with van der Waals surface area (Å²) in [6.45, 7) is 12.8. The van der Waals surface area contributed by atoms with Crippen molar-refractivity contribution in [1.29, 1.82) is 0 Å². The molecule has 1 saturated carbocycles. The highest BCUT2D eigenvalue weighted by atomic mass is 32.2. The minimum atomic E-state index is 0.414. The molecule has 0 saturated heterocycles. The highest BCUT2D eigenvalue weighted by molar-refractivity contribution is 8.14. The fourth-order valence-electron chi connectivity index (χ4n) is 3.14. The molecule has 1 N–H and O–H groups in total. The van der Waals surface area contributed by atoms with E-state index in [9.17, 15) is 0 Å². The lowest BCUT2D eigenvalue weighted by molar-refractivity contribution is 0.241. The van der Waals surface area contributed by atoms with Crippen LogP contribution in [0, 0.1) is 17.3 Å². The maximum absolute atomic E-state index is 4.71. The van der Waals surface area contributed by atoms with Crippen LogP contribution in [-0.4, -0.2) is 23.0 Å². The first-order valence-electron chi connectivity index (χ1n) is 7.81. The number of rotatable bonds is 2. The van der Waals surface area contributed by atoms with Gasteiger partial charge in [0.1, 0.15) is 0 Å². The smallest absolute Gasteiger partial charge is 0.157 e. The highest BCUT2D eigenvalue weighted by Crippen LogP contribution is 2.33. The third-order valence-electron chi connectivity index (χ3n) is 4.48. The van der Waals surface area contributed by atoms with Crippen molar-refractivity contribution in [1.82, 2.24) is 5.32 Å². The van der Waals surface area contributed by atoms with Crippen LogP contribution in [0.5, 0.6) is 0 Å². The van der Waals surface area contributed by atoms with Crippen LogP contribution in [0.4, 0.5) is 0 Å². The Morgan fingerprint density at radius 2 is 1.95 bits per heavy atom. The van der Waals surface area contributed by atoms with Gasteiger partial charge in [-0.05, 0) is 42.9 Å². The summed E-state index contributed by atoms with van der Waals surface area (Å²) in [4.78, 5) is 4.71. The van der Waals surface area contributed by atoms with Gasteiger partial charge in [-0.3, -0.25) is 4.99 Å². The predicted octanol–water partition coefficient (Wildman–Crippen LogP) is 4.31. The van der Waals surface area contributed by atoms with E-state index < -0.39 is 0 Å². The third-order valence-corrected chi connectivity index (χ3v) is 5.60. The van der Waals surface area contributed by atoms with Gasteiger partial charge in [0.15, 0.2) is 5.17 Å². The largest absolute Gasteiger partial charge is 0.362 e. The zero-order valence-electron chi connectivity index (χ0n) is 13.2. The normalized spacial score (nSPS) is 36.2. The van der Waals surface area contributed by atoms with Crippen LogP contribution in [-0.2, 0) is 0 Å². The summed E-state index contributed by atoms with van der Waals surface area (Å²) in [6, 6.07) is 0.658. The second-order valence-corrected chi connectivity index (χ2v) is 9.05. The van der Waals surface area contributed by atoms with Crippen molar-refractivity contribution in [3.8, 4) is 0 Å². The van der Waals surface area contributed by atoms with Crippen molar-refractivity contribution in [2.24, 2.45) is 22.2 Å². The van der Waals surface area contributed by atoms with E-state index in [1.165, 1.54) is 30.9 Å². The van der Waals surface area contributed by atoms with E-state index >= 15 is 0 Å². The van der Waals surface area contributed by atoms with Crippen molar-refractivity contribution in [2.75, 3.05) is 6.54 Å². The quantitative estimate of drug-likeness (QED) is 0.816. The molecular weight excluding hydrogens is 252 g/mol. The molecule has 3 heteroatoms.